The largest absolute Gasteiger partial charge is 0.544 e. The number of hydrogen-bond donors (Lipinski definition) is 0. The first-order valence-corrected chi connectivity index (χ1v) is 26.5. The average Bonchev–Trinajstić information content (AvgIpc) is 3.24. The van der Waals surface area contributed by atoms with Crippen LogP contribution in [0.1, 0.15) is 245 Å². The zero-order valence-corrected chi connectivity index (χ0v) is 42.0. The van der Waals surface area contributed by atoms with Crippen molar-refractivity contribution in [2.45, 2.75) is 257 Å². The second kappa shape index (κ2) is 46.1. The molecule has 0 aliphatic carbocycles. The Hall–Kier alpha value is -2.45. The van der Waals surface area contributed by atoms with Crippen molar-refractivity contribution in [3.8, 4) is 0 Å². The molecule has 0 spiro atoms. The summed E-state index contributed by atoms with van der Waals surface area (Å²) in [5.41, 5.74) is 0. The van der Waals surface area contributed by atoms with Crippen molar-refractivity contribution in [3.63, 3.8) is 0 Å². The number of nitrogens with zero attached hydrogens (tertiary/aromatic N) is 1. The van der Waals surface area contributed by atoms with E-state index in [1.165, 1.54) is 148 Å². The standard InChI is InChI=1S/C55H101NO7/c1-6-8-10-12-14-16-18-20-22-24-26-27-28-30-31-33-35-37-39-41-43-45-53(57)62-50-51(49-61-48-47-52(55(59)60)56(3,4)5)63-54(58)46-44-42-40-38-36-34-32-29-25-23-21-19-17-15-13-11-9-7-2/h19,21,23,25,29,32,51-52H,6-18,20,22,24,26-28,30-31,33-50H2,1-5H3/b21-19+,25-23+,32-29+. The lowest BCUT2D eigenvalue weighted by Crippen LogP contribution is -2.55. The summed E-state index contributed by atoms with van der Waals surface area (Å²) in [4.78, 5) is 37.0. The number of ether oxygens (including phenoxy) is 3. The highest BCUT2D eigenvalue weighted by molar-refractivity contribution is 5.70. The summed E-state index contributed by atoms with van der Waals surface area (Å²) in [6, 6.07) is -0.729. The molecule has 0 aromatic rings. The van der Waals surface area contributed by atoms with Crippen LogP contribution in [0.15, 0.2) is 36.5 Å². The molecule has 2 unspecified atom stereocenters. The molecule has 63 heavy (non-hydrogen) atoms. The molecule has 8 nitrogen and oxygen atoms in total. The minimum atomic E-state index is -1.13. The molecule has 0 radical (unpaired) electrons. The van der Waals surface area contributed by atoms with Crippen LogP contribution in [-0.2, 0) is 28.6 Å². The maximum atomic E-state index is 12.8. The molecule has 0 fully saturated rings. The third kappa shape index (κ3) is 44.5. The van der Waals surface area contributed by atoms with E-state index < -0.39 is 18.1 Å². The van der Waals surface area contributed by atoms with Crippen LogP contribution in [0, 0.1) is 0 Å². The topological polar surface area (TPSA) is 102 Å². The number of unbranched alkanes of at least 4 members (excludes halogenated alkanes) is 30. The van der Waals surface area contributed by atoms with E-state index in [1.54, 1.807) is 21.1 Å². The van der Waals surface area contributed by atoms with Gasteiger partial charge >= 0.3 is 11.9 Å². The number of esters is 2. The molecular formula is C55H101NO7. The maximum absolute atomic E-state index is 12.8. The second-order valence-corrected chi connectivity index (χ2v) is 19.2. The van der Waals surface area contributed by atoms with E-state index in [-0.39, 0.29) is 42.7 Å². The quantitative estimate of drug-likeness (QED) is 0.0259. The first-order valence-electron chi connectivity index (χ1n) is 26.5. The van der Waals surface area contributed by atoms with Crippen LogP contribution in [0.5, 0.6) is 0 Å². The van der Waals surface area contributed by atoms with Gasteiger partial charge < -0.3 is 28.6 Å². The Morgan fingerprint density at radius 1 is 0.476 bits per heavy atom. The number of allylic oxidation sites excluding steroid dienone is 6. The number of likely N-dealkylation sites (N-methyl/N-ethyl adjacent to an activating group) is 1. The van der Waals surface area contributed by atoms with Gasteiger partial charge in [0, 0.05) is 19.3 Å². The highest BCUT2D eigenvalue weighted by Gasteiger charge is 2.25. The van der Waals surface area contributed by atoms with Gasteiger partial charge in [-0.15, -0.1) is 0 Å². The predicted octanol–water partition coefficient (Wildman–Crippen LogP) is 14.0. The van der Waals surface area contributed by atoms with E-state index in [2.05, 4.69) is 50.3 Å². The monoisotopic (exact) mass is 888 g/mol. The summed E-state index contributed by atoms with van der Waals surface area (Å²) in [5, 5.41) is 11.7. The molecule has 0 amide bonds. The van der Waals surface area contributed by atoms with Crippen molar-refractivity contribution in [1.82, 2.24) is 0 Å². The van der Waals surface area contributed by atoms with Gasteiger partial charge in [-0.2, -0.15) is 0 Å². The summed E-state index contributed by atoms with van der Waals surface area (Å²) < 4.78 is 17.2. The lowest BCUT2D eigenvalue weighted by molar-refractivity contribution is -0.889. The van der Waals surface area contributed by atoms with Crippen LogP contribution in [0.4, 0.5) is 0 Å². The van der Waals surface area contributed by atoms with E-state index in [1.807, 2.05) is 0 Å². The number of rotatable bonds is 48. The van der Waals surface area contributed by atoms with Gasteiger partial charge in [-0.25, -0.2) is 0 Å². The van der Waals surface area contributed by atoms with Crippen molar-refractivity contribution in [2.24, 2.45) is 0 Å². The Morgan fingerprint density at radius 3 is 1.22 bits per heavy atom. The van der Waals surface area contributed by atoms with Gasteiger partial charge in [0.15, 0.2) is 6.10 Å². The van der Waals surface area contributed by atoms with Gasteiger partial charge in [0.2, 0.25) is 0 Å². The van der Waals surface area contributed by atoms with Crippen molar-refractivity contribution in [2.75, 3.05) is 41.0 Å². The van der Waals surface area contributed by atoms with E-state index >= 15 is 0 Å². The fraction of sp³-hybridized carbons (Fsp3) is 0.836. The lowest BCUT2D eigenvalue weighted by atomic mass is 10.0. The van der Waals surface area contributed by atoms with Gasteiger partial charge in [0.25, 0.3) is 0 Å². The summed E-state index contributed by atoms with van der Waals surface area (Å²) in [6.07, 6.45) is 54.6. The molecular weight excluding hydrogens is 787 g/mol. The van der Waals surface area contributed by atoms with Crippen LogP contribution in [-0.4, -0.2) is 75.5 Å². The zero-order chi connectivity index (χ0) is 46.3. The molecule has 0 heterocycles. The Morgan fingerprint density at radius 2 is 0.841 bits per heavy atom. The van der Waals surface area contributed by atoms with Crippen molar-refractivity contribution < 1.29 is 38.2 Å². The molecule has 2 atom stereocenters. The average molecular weight is 888 g/mol. The fourth-order valence-corrected chi connectivity index (χ4v) is 7.96. The Bertz CT molecular complexity index is 1130. The van der Waals surface area contributed by atoms with Gasteiger partial charge in [-0.1, -0.05) is 224 Å². The Kier molecular flexibility index (Phi) is 44.3. The summed E-state index contributed by atoms with van der Waals surface area (Å²) in [5.74, 6) is -1.75. The fourth-order valence-electron chi connectivity index (χ4n) is 7.96. The van der Waals surface area contributed by atoms with Gasteiger partial charge in [-0.05, 0) is 38.5 Å². The molecule has 0 aromatic heterocycles. The van der Waals surface area contributed by atoms with Gasteiger partial charge in [-0.3, -0.25) is 9.59 Å². The van der Waals surface area contributed by atoms with E-state index in [0.29, 0.717) is 12.8 Å². The Labute approximate surface area is 389 Å². The first kappa shape index (κ1) is 60.5. The minimum absolute atomic E-state index is 0.0351. The molecule has 0 aliphatic rings. The molecule has 0 bridgehead atoms. The van der Waals surface area contributed by atoms with Crippen LogP contribution in [0.3, 0.4) is 0 Å². The lowest BCUT2D eigenvalue weighted by Gasteiger charge is -2.34. The van der Waals surface area contributed by atoms with E-state index in [9.17, 15) is 19.5 Å². The first-order chi connectivity index (χ1) is 30.6. The number of carbonyl (C=O) groups excluding carboxylic acids is 3. The van der Waals surface area contributed by atoms with Crippen LogP contribution >= 0.6 is 0 Å². The number of quaternary nitrogens is 1. The molecule has 0 aliphatic heterocycles. The SMILES string of the molecule is CCCCCCC/C=C/C=C/C=C/CCCCCCCC(=O)OC(COCCC(C(=O)[O-])[N+](C)(C)C)COC(=O)CCCCCCCCCCCCCCCCCCCCCCC. The molecule has 8 heteroatoms. The maximum Gasteiger partial charge on any atom is 0.306 e. The van der Waals surface area contributed by atoms with E-state index in [4.69, 9.17) is 14.2 Å². The Balaban J connectivity index is 4.23. The molecule has 0 aromatic carbocycles. The number of carbonyl (C=O) groups is 3. The van der Waals surface area contributed by atoms with Crippen molar-refractivity contribution in [3.05, 3.63) is 36.5 Å². The minimum Gasteiger partial charge on any atom is -0.544 e. The summed E-state index contributed by atoms with van der Waals surface area (Å²) in [6.45, 7) is 4.66. The normalized spacial score (nSPS) is 13.1. The van der Waals surface area contributed by atoms with Gasteiger partial charge in [0.1, 0.15) is 12.6 Å². The molecule has 0 rings (SSSR count). The van der Waals surface area contributed by atoms with Crippen LogP contribution in [0.25, 0.3) is 0 Å². The highest BCUT2D eigenvalue weighted by Crippen LogP contribution is 2.16. The number of hydrogen-bond acceptors (Lipinski definition) is 7. The van der Waals surface area contributed by atoms with Crippen molar-refractivity contribution >= 4 is 17.9 Å². The van der Waals surface area contributed by atoms with Crippen molar-refractivity contribution in [1.29, 1.82) is 0 Å². The van der Waals surface area contributed by atoms with Crippen LogP contribution < -0.4 is 5.11 Å². The van der Waals surface area contributed by atoms with Crippen LogP contribution in [0.2, 0.25) is 0 Å². The molecule has 368 valence electrons. The molecule has 0 saturated carbocycles. The molecule has 0 N–H and O–H groups in total. The zero-order valence-electron chi connectivity index (χ0n) is 42.0. The number of aliphatic carboxylic acids is 1. The number of carboxylic acid groups (broad SMARTS) is 1. The second-order valence-electron chi connectivity index (χ2n) is 19.2. The smallest absolute Gasteiger partial charge is 0.306 e. The third-order valence-corrected chi connectivity index (χ3v) is 12.1. The van der Waals surface area contributed by atoms with Gasteiger partial charge in [0.05, 0.1) is 40.3 Å². The summed E-state index contributed by atoms with van der Waals surface area (Å²) >= 11 is 0. The summed E-state index contributed by atoms with van der Waals surface area (Å²) in [7, 11) is 5.41. The molecule has 0 saturated heterocycles. The highest BCUT2D eigenvalue weighted by atomic mass is 16.6. The number of carboxylic acids is 1. The van der Waals surface area contributed by atoms with E-state index in [0.717, 1.165) is 64.2 Å². The predicted molar refractivity (Wildman–Crippen MR) is 263 cm³/mol. The third-order valence-electron chi connectivity index (χ3n) is 12.1.